The first kappa shape index (κ1) is 10.2. The first-order valence-corrected chi connectivity index (χ1v) is 5.42. The molecule has 86 valence electrons. The summed E-state index contributed by atoms with van der Waals surface area (Å²) in [7, 11) is 1.63. The van der Waals surface area contributed by atoms with Gasteiger partial charge in [0.2, 0.25) is 0 Å². The topological polar surface area (TPSA) is 39.7 Å². The molecule has 0 saturated carbocycles. The van der Waals surface area contributed by atoms with Crippen LogP contribution in [-0.2, 0) is 0 Å². The Labute approximate surface area is 102 Å². The summed E-state index contributed by atoms with van der Waals surface area (Å²) in [6, 6.07) is 7.30. The molecule has 0 amide bonds. The van der Waals surface area contributed by atoms with Crippen molar-refractivity contribution in [3.8, 4) is 17.3 Å². The van der Waals surface area contributed by atoms with Gasteiger partial charge in [-0.25, -0.2) is 4.98 Å². The number of nitrogens with zero attached hydrogens (tertiary/aromatic N) is 2. The Balaban J connectivity index is 2.22. The minimum absolute atomic E-state index is 0.347. The summed E-state index contributed by atoms with van der Waals surface area (Å²) in [5.41, 5.74) is 0.966. The number of ether oxygens (including phenoxy) is 1. The highest BCUT2D eigenvalue weighted by Gasteiger charge is 2.10. The molecule has 0 unspecified atom stereocenters. The Hall–Kier alpha value is -1.94. The SMILES string of the molecule is COc1ccc2cnc(-c3ccc(Cl)o3)n2c1. The minimum atomic E-state index is 0.347. The van der Waals surface area contributed by atoms with E-state index in [-0.39, 0.29) is 0 Å². The second-order valence-electron chi connectivity index (χ2n) is 3.55. The lowest BCUT2D eigenvalue weighted by atomic mass is 10.4. The summed E-state index contributed by atoms with van der Waals surface area (Å²) >= 11 is 5.76. The van der Waals surface area contributed by atoms with E-state index in [2.05, 4.69) is 4.98 Å². The zero-order valence-electron chi connectivity index (χ0n) is 9.05. The molecule has 0 aromatic carbocycles. The van der Waals surface area contributed by atoms with Gasteiger partial charge in [0.15, 0.2) is 16.8 Å². The second-order valence-corrected chi connectivity index (χ2v) is 3.92. The van der Waals surface area contributed by atoms with Gasteiger partial charge in [0.05, 0.1) is 25.0 Å². The Morgan fingerprint density at radius 1 is 1.29 bits per heavy atom. The molecular formula is C12H9ClN2O2. The maximum Gasteiger partial charge on any atom is 0.194 e. The zero-order chi connectivity index (χ0) is 11.8. The van der Waals surface area contributed by atoms with Gasteiger partial charge in [-0.05, 0) is 35.9 Å². The molecule has 0 saturated heterocycles. The molecule has 17 heavy (non-hydrogen) atoms. The highest BCUT2D eigenvalue weighted by molar-refractivity contribution is 6.28. The van der Waals surface area contributed by atoms with E-state index in [9.17, 15) is 0 Å². The van der Waals surface area contributed by atoms with Gasteiger partial charge in [0, 0.05) is 0 Å². The van der Waals surface area contributed by atoms with Gasteiger partial charge in [-0.2, -0.15) is 0 Å². The predicted octanol–water partition coefficient (Wildman–Crippen LogP) is 3.26. The van der Waals surface area contributed by atoms with Crippen LogP contribution in [0.25, 0.3) is 17.1 Å². The summed E-state index contributed by atoms with van der Waals surface area (Å²) in [6.45, 7) is 0. The molecule has 4 nitrogen and oxygen atoms in total. The van der Waals surface area contributed by atoms with Crippen LogP contribution in [0.4, 0.5) is 0 Å². The lowest BCUT2D eigenvalue weighted by Gasteiger charge is -2.02. The largest absolute Gasteiger partial charge is 0.495 e. The summed E-state index contributed by atoms with van der Waals surface area (Å²) in [4.78, 5) is 4.31. The number of rotatable bonds is 2. The molecule has 0 atom stereocenters. The molecule has 0 aliphatic carbocycles. The van der Waals surface area contributed by atoms with Crippen LogP contribution in [0.5, 0.6) is 5.75 Å². The molecule has 0 spiro atoms. The van der Waals surface area contributed by atoms with Crippen molar-refractivity contribution < 1.29 is 9.15 Å². The lowest BCUT2D eigenvalue weighted by molar-refractivity contribution is 0.412. The van der Waals surface area contributed by atoms with E-state index < -0.39 is 0 Å². The number of imidazole rings is 1. The fraction of sp³-hybridized carbons (Fsp3) is 0.0833. The highest BCUT2D eigenvalue weighted by atomic mass is 35.5. The smallest absolute Gasteiger partial charge is 0.194 e. The molecule has 3 aromatic heterocycles. The van der Waals surface area contributed by atoms with Crippen LogP contribution in [0.2, 0.25) is 5.22 Å². The van der Waals surface area contributed by atoms with E-state index in [1.807, 2.05) is 22.7 Å². The average Bonchev–Trinajstić information content (AvgIpc) is 2.93. The number of hydrogen-bond acceptors (Lipinski definition) is 3. The van der Waals surface area contributed by atoms with Crippen molar-refractivity contribution in [2.45, 2.75) is 0 Å². The van der Waals surface area contributed by atoms with Crippen molar-refractivity contribution in [2.75, 3.05) is 7.11 Å². The van der Waals surface area contributed by atoms with Crippen molar-refractivity contribution in [3.05, 3.63) is 41.9 Å². The van der Waals surface area contributed by atoms with Crippen molar-refractivity contribution in [1.82, 2.24) is 9.38 Å². The minimum Gasteiger partial charge on any atom is -0.495 e. The van der Waals surface area contributed by atoms with Gasteiger partial charge in [-0.3, -0.25) is 4.40 Å². The van der Waals surface area contributed by atoms with E-state index >= 15 is 0 Å². The summed E-state index contributed by atoms with van der Waals surface area (Å²) < 4.78 is 12.4. The predicted molar refractivity (Wildman–Crippen MR) is 64.5 cm³/mol. The van der Waals surface area contributed by atoms with Gasteiger partial charge in [-0.1, -0.05) is 0 Å². The summed E-state index contributed by atoms with van der Waals surface area (Å²) in [5.74, 6) is 2.09. The van der Waals surface area contributed by atoms with Gasteiger partial charge >= 0.3 is 0 Å². The molecule has 0 fully saturated rings. The van der Waals surface area contributed by atoms with Gasteiger partial charge in [-0.15, -0.1) is 0 Å². The Morgan fingerprint density at radius 2 is 2.18 bits per heavy atom. The first-order chi connectivity index (χ1) is 8.28. The summed E-state index contributed by atoms with van der Waals surface area (Å²) in [6.07, 6.45) is 3.62. The maximum absolute atomic E-state index is 5.76. The van der Waals surface area contributed by atoms with Crippen LogP contribution in [0.3, 0.4) is 0 Å². The van der Waals surface area contributed by atoms with Crippen molar-refractivity contribution in [3.63, 3.8) is 0 Å². The van der Waals surface area contributed by atoms with Gasteiger partial charge < -0.3 is 9.15 Å². The van der Waals surface area contributed by atoms with E-state index in [1.165, 1.54) is 0 Å². The molecule has 3 aromatic rings. The third-order valence-electron chi connectivity index (χ3n) is 2.53. The van der Waals surface area contributed by atoms with Crippen LogP contribution in [0, 0.1) is 0 Å². The third kappa shape index (κ3) is 1.66. The third-order valence-corrected chi connectivity index (χ3v) is 2.73. The van der Waals surface area contributed by atoms with Crippen molar-refractivity contribution >= 4 is 17.1 Å². The van der Waals surface area contributed by atoms with Crippen molar-refractivity contribution in [2.24, 2.45) is 0 Å². The second kappa shape index (κ2) is 3.82. The Bertz CT molecular complexity index is 672. The Kier molecular flexibility index (Phi) is 2.30. The molecule has 3 heterocycles. The van der Waals surface area contributed by atoms with E-state index in [0.29, 0.717) is 16.8 Å². The van der Waals surface area contributed by atoms with Crippen LogP contribution in [-0.4, -0.2) is 16.5 Å². The molecule has 0 radical (unpaired) electrons. The number of pyridine rings is 1. The lowest BCUT2D eigenvalue weighted by Crippen LogP contribution is -1.90. The van der Waals surface area contributed by atoms with Gasteiger partial charge in [0.25, 0.3) is 0 Å². The molecule has 0 N–H and O–H groups in total. The standard InChI is InChI=1S/C12H9ClN2O2/c1-16-9-3-2-8-6-14-12(15(8)7-9)10-4-5-11(13)17-10/h2-7H,1H3. The Morgan fingerprint density at radius 3 is 2.88 bits per heavy atom. The monoisotopic (exact) mass is 248 g/mol. The first-order valence-electron chi connectivity index (χ1n) is 5.05. The highest BCUT2D eigenvalue weighted by Crippen LogP contribution is 2.25. The fourth-order valence-electron chi connectivity index (χ4n) is 1.71. The van der Waals surface area contributed by atoms with Crippen LogP contribution in [0.15, 0.2) is 41.1 Å². The number of aromatic nitrogens is 2. The van der Waals surface area contributed by atoms with E-state index in [0.717, 1.165) is 11.3 Å². The van der Waals surface area contributed by atoms with Gasteiger partial charge in [0.1, 0.15) is 5.75 Å². The zero-order valence-corrected chi connectivity index (χ0v) is 9.81. The van der Waals surface area contributed by atoms with Crippen LogP contribution < -0.4 is 4.74 Å². The van der Waals surface area contributed by atoms with Crippen molar-refractivity contribution in [1.29, 1.82) is 0 Å². The quantitative estimate of drug-likeness (QED) is 0.699. The van der Waals surface area contributed by atoms with Crippen LogP contribution >= 0.6 is 11.6 Å². The van der Waals surface area contributed by atoms with E-state index in [1.54, 1.807) is 25.4 Å². The number of furan rings is 1. The molecular weight excluding hydrogens is 240 g/mol. The number of hydrogen-bond donors (Lipinski definition) is 0. The normalized spacial score (nSPS) is 10.9. The number of halogens is 1. The molecule has 5 heteroatoms. The maximum atomic E-state index is 5.76. The molecule has 0 aliphatic heterocycles. The molecule has 0 aliphatic rings. The van der Waals surface area contributed by atoms with E-state index in [4.69, 9.17) is 20.8 Å². The molecule has 0 bridgehead atoms. The average molecular weight is 249 g/mol. The fourth-order valence-corrected chi connectivity index (χ4v) is 1.85. The van der Waals surface area contributed by atoms with Crippen LogP contribution in [0.1, 0.15) is 0 Å². The summed E-state index contributed by atoms with van der Waals surface area (Å²) in [5, 5.41) is 0.347. The molecule has 3 rings (SSSR count). The number of methoxy groups -OCH3 is 1. The number of fused-ring (bicyclic) bond motifs is 1.